The van der Waals surface area contributed by atoms with Gasteiger partial charge >= 0.3 is 5.97 Å². The second kappa shape index (κ2) is 8.97. The minimum Gasteiger partial charge on any atom is -0.465 e. The van der Waals surface area contributed by atoms with Crippen LogP contribution in [0.25, 0.3) is 5.69 Å². The molecule has 0 unspecified atom stereocenters. The summed E-state index contributed by atoms with van der Waals surface area (Å²) in [5.74, 6) is -0.310. The summed E-state index contributed by atoms with van der Waals surface area (Å²) >= 11 is 9.10. The van der Waals surface area contributed by atoms with E-state index in [2.05, 4.69) is 36.9 Å². The molecule has 154 valence electrons. The smallest absolute Gasteiger partial charge is 0.325 e. The fourth-order valence-electron chi connectivity index (χ4n) is 3.72. The number of carbonyl (C=O) groups excluding carboxylic acids is 1. The van der Waals surface area contributed by atoms with Gasteiger partial charge in [0.25, 0.3) is 0 Å². The maximum Gasteiger partial charge on any atom is 0.325 e. The van der Waals surface area contributed by atoms with E-state index < -0.39 is 0 Å². The summed E-state index contributed by atoms with van der Waals surface area (Å²) in [7, 11) is 0. The van der Waals surface area contributed by atoms with E-state index in [4.69, 9.17) is 17.0 Å². The Hall–Kier alpha value is -2.71. The van der Waals surface area contributed by atoms with Crippen LogP contribution in [0.5, 0.6) is 0 Å². The number of nitrogens with zero attached hydrogens (tertiary/aromatic N) is 3. The van der Waals surface area contributed by atoms with Gasteiger partial charge in [-0.3, -0.25) is 9.78 Å². The normalized spacial score (nSPS) is 18.3. The van der Waals surface area contributed by atoms with Crippen LogP contribution in [-0.4, -0.2) is 38.7 Å². The Balaban J connectivity index is 1.77. The second-order valence-electron chi connectivity index (χ2n) is 6.84. The number of nitrogens with one attached hydrogen (secondary N) is 1. The fraction of sp³-hybridized carbons (Fsp3) is 0.227. The van der Waals surface area contributed by atoms with E-state index in [0.29, 0.717) is 11.7 Å². The molecule has 3 aromatic rings. The Bertz CT molecular complexity index is 1040. The summed E-state index contributed by atoms with van der Waals surface area (Å²) in [4.78, 5) is 18.7. The minimum absolute atomic E-state index is 0.0686. The average molecular weight is 485 g/mol. The van der Waals surface area contributed by atoms with Crippen LogP contribution in [0.4, 0.5) is 0 Å². The fourth-order valence-corrected chi connectivity index (χ4v) is 4.28. The lowest BCUT2D eigenvalue weighted by Gasteiger charge is -2.28. The quantitative estimate of drug-likeness (QED) is 0.418. The Labute approximate surface area is 189 Å². The highest BCUT2D eigenvalue weighted by atomic mass is 79.9. The lowest BCUT2D eigenvalue weighted by molar-refractivity contribution is -0.143. The number of benzene rings is 1. The van der Waals surface area contributed by atoms with Crippen LogP contribution in [0.2, 0.25) is 0 Å². The third-order valence-electron chi connectivity index (χ3n) is 4.99. The van der Waals surface area contributed by atoms with Gasteiger partial charge in [0.05, 0.1) is 24.4 Å². The molecule has 1 aliphatic heterocycles. The summed E-state index contributed by atoms with van der Waals surface area (Å²) in [5, 5.41) is 3.87. The topological polar surface area (TPSA) is 59.4 Å². The monoisotopic (exact) mass is 484 g/mol. The van der Waals surface area contributed by atoms with Gasteiger partial charge in [-0.05, 0) is 67.7 Å². The lowest BCUT2D eigenvalue weighted by atomic mass is 10.0. The van der Waals surface area contributed by atoms with Crippen molar-refractivity contribution in [3.05, 3.63) is 82.9 Å². The molecular formula is C22H21BrN4O2S. The Morgan fingerprint density at radius 2 is 2.00 bits per heavy atom. The highest BCUT2D eigenvalue weighted by molar-refractivity contribution is 9.10. The number of pyridine rings is 1. The number of halogens is 1. The van der Waals surface area contributed by atoms with E-state index in [-0.39, 0.29) is 24.6 Å². The van der Waals surface area contributed by atoms with Crippen molar-refractivity contribution < 1.29 is 9.53 Å². The molecule has 1 aromatic carbocycles. The van der Waals surface area contributed by atoms with Crippen LogP contribution in [0, 0.1) is 0 Å². The third kappa shape index (κ3) is 4.11. The second-order valence-corrected chi connectivity index (χ2v) is 8.14. The SMILES string of the molecule is CCOC(=O)CN1C(=S)N[C@H](c2ccccn2)[C@@H]1c1cccn1-c1ccc(Br)cc1. The maximum absolute atomic E-state index is 12.3. The van der Waals surface area contributed by atoms with Crippen molar-refractivity contribution in [2.75, 3.05) is 13.2 Å². The van der Waals surface area contributed by atoms with E-state index in [1.807, 2.05) is 59.6 Å². The Kier molecular flexibility index (Phi) is 6.15. The number of thiocarbonyl (C=S) groups is 1. The summed E-state index contributed by atoms with van der Waals surface area (Å²) in [6.07, 6.45) is 3.77. The Morgan fingerprint density at radius 3 is 2.70 bits per heavy atom. The number of hydrogen-bond acceptors (Lipinski definition) is 4. The van der Waals surface area contributed by atoms with Crippen molar-refractivity contribution >= 4 is 39.2 Å². The summed E-state index contributed by atoms with van der Waals surface area (Å²) in [5.41, 5.74) is 2.89. The molecule has 0 radical (unpaired) electrons. The van der Waals surface area contributed by atoms with Crippen LogP contribution in [-0.2, 0) is 9.53 Å². The van der Waals surface area contributed by atoms with Crippen LogP contribution < -0.4 is 5.32 Å². The number of hydrogen-bond donors (Lipinski definition) is 1. The average Bonchev–Trinajstić information content (AvgIpc) is 3.34. The van der Waals surface area contributed by atoms with Crippen LogP contribution in [0.1, 0.15) is 30.4 Å². The van der Waals surface area contributed by atoms with Crippen LogP contribution >= 0.6 is 28.1 Å². The molecule has 8 heteroatoms. The van der Waals surface area contributed by atoms with Gasteiger partial charge in [-0.25, -0.2) is 0 Å². The molecule has 1 aliphatic rings. The van der Waals surface area contributed by atoms with E-state index in [1.54, 1.807) is 13.1 Å². The van der Waals surface area contributed by atoms with Gasteiger partial charge in [-0.1, -0.05) is 22.0 Å². The van der Waals surface area contributed by atoms with Crippen molar-refractivity contribution in [3.63, 3.8) is 0 Å². The zero-order chi connectivity index (χ0) is 21.1. The van der Waals surface area contributed by atoms with Gasteiger partial charge in [0.2, 0.25) is 0 Å². The zero-order valence-corrected chi connectivity index (χ0v) is 18.8. The number of aromatic nitrogens is 2. The number of carbonyl (C=O) groups is 1. The first-order valence-corrected chi connectivity index (χ1v) is 10.9. The molecule has 0 spiro atoms. The lowest BCUT2D eigenvalue weighted by Crippen LogP contribution is -2.36. The Morgan fingerprint density at radius 1 is 1.20 bits per heavy atom. The largest absolute Gasteiger partial charge is 0.465 e. The summed E-state index contributed by atoms with van der Waals surface area (Å²) < 4.78 is 8.32. The molecule has 30 heavy (non-hydrogen) atoms. The molecule has 0 bridgehead atoms. The van der Waals surface area contributed by atoms with Gasteiger partial charge in [0, 0.05) is 28.2 Å². The molecule has 6 nitrogen and oxygen atoms in total. The molecule has 1 fully saturated rings. The minimum atomic E-state index is -0.310. The third-order valence-corrected chi connectivity index (χ3v) is 5.87. The summed E-state index contributed by atoms with van der Waals surface area (Å²) in [6, 6.07) is 17.5. The number of ether oxygens (including phenoxy) is 1. The van der Waals surface area contributed by atoms with Gasteiger partial charge < -0.3 is 19.5 Å². The number of esters is 1. The first-order valence-electron chi connectivity index (χ1n) is 9.65. The zero-order valence-electron chi connectivity index (χ0n) is 16.4. The molecule has 4 rings (SSSR count). The van der Waals surface area contributed by atoms with Crippen molar-refractivity contribution in [3.8, 4) is 5.69 Å². The predicted molar refractivity (Wildman–Crippen MR) is 122 cm³/mol. The van der Waals surface area contributed by atoms with Crippen LogP contribution in [0.15, 0.2) is 71.5 Å². The molecule has 0 amide bonds. The molecule has 0 saturated carbocycles. The van der Waals surface area contributed by atoms with E-state index in [9.17, 15) is 4.79 Å². The molecule has 1 N–H and O–H groups in total. The summed E-state index contributed by atoms with van der Waals surface area (Å²) in [6.45, 7) is 2.20. The van der Waals surface area contributed by atoms with Gasteiger partial charge in [0.15, 0.2) is 5.11 Å². The number of rotatable bonds is 6. The predicted octanol–water partition coefficient (Wildman–Crippen LogP) is 4.17. The first-order chi connectivity index (χ1) is 14.6. The first kappa shape index (κ1) is 20.6. The molecule has 0 aliphatic carbocycles. The molecular weight excluding hydrogens is 464 g/mol. The highest BCUT2D eigenvalue weighted by Gasteiger charge is 2.42. The highest BCUT2D eigenvalue weighted by Crippen LogP contribution is 2.39. The molecule has 2 atom stereocenters. The van der Waals surface area contributed by atoms with Gasteiger partial charge in [0.1, 0.15) is 6.54 Å². The van der Waals surface area contributed by atoms with Crippen molar-refractivity contribution in [2.45, 2.75) is 19.0 Å². The van der Waals surface area contributed by atoms with Crippen molar-refractivity contribution in [1.29, 1.82) is 0 Å². The molecule has 2 aromatic heterocycles. The van der Waals surface area contributed by atoms with Crippen molar-refractivity contribution in [1.82, 2.24) is 19.8 Å². The maximum atomic E-state index is 12.3. The van der Waals surface area contributed by atoms with Crippen molar-refractivity contribution in [2.24, 2.45) is 0 Å². The van der Waals surface area contributed by atoms with E-state index in [1.165, 1.54) is 0 Å². The van der Waals surface area contributed by atoms with E-state index in [0.717, 1.165) is 21.5 Å². The molecule has 3 heterocycles. The van der Waals surface area contributed by atoms with E-state index >= 15 is 0 Å². The standard InChI is InChI=1S/C22H21BrN4O2S/c1-2-29-19(28)14-27-21(20(25-22(27)30)17-6-3-4-12-24-17)18-7-5-13-26(18)16-10-8-15(23)9-11-16/h3-13,20-21H,2,14H2,1H3,(H,25,30)/t20-,21+/m1/s1. The van der Waals surface area contributed by atoms with Crippen LogP contribution in [0.3, 0.4) is 0 Å². The van der Waals surface area contributed by atoms with Gasteiger partial charge in [-0.15, -0.1) is 0 Å². The van der Waals surface area contributed by atoms with Gasteiger partial charge in [-0.2, -0.15) is 0 Å². The molecule has 1 saturated heterocycles.